The minimum atomic E-state index is -0.829. The predicted molar refractivity (Wildman–Crippen MR) is 126 cm³/mol. The Kier molecular flexibility index (Phi) is 5.66. The Bertz CT molecular complexity index is 1090. The molecule has 0 unspecified atom stereocenters. The average molecular weight is 448 g/mol. The fraction of sp³-hybridized carbons (Fsp3) is 0.296. The number of benzene rings is 3. The molecule has 5 heteroatoms. The van der Waals surface area contributed by atoms with Gasteiger partial charge < -0.3 is 14.7 Å². The second-order valence-corrected chi connectivity index (χ2v) is 9.26. The Balaban J connectivity index is 1.20. The van der Waals surface area contributed by atoms with Crippen LogP contribution in [0.25, 0.3) is 11.1 Å². The molecule has 1 N–H and O–H groups in total. The molecule has 1 heterocycles. The van der Waals surface area contributed by atoms with E-state index in [9.17, 15) is 9.90 Å². The molecule has 0 atom stereocenters. The van der Waals surface area contributed by atoms with Gasteiger partial charge in [-0.05, 0) is 52.8 Å². The van der Waals surface area contributed by atoms with Crippen LogP contribution in [-0.4, -0.2) is 41.4 Å². The first kappa shape index (κ1) is 21.0. The molecule has 0 spiro atoms. The van der Waals surface area contributed by atoms with Crippen LogP contribution < -0.4 is 0 Å². The van der Waals surface area contributed by atoms with Crippen LogP contribution in [0.5, 0.6) is 0 Å². The van der Waals surface area contributed by atoms with Gasteiger partial charge in [-0.15, -0.1) is 0 Å². The van der Waals surface area contributed by atoms with Crippen molar-refractivity contribution in [3.8, 4) is 11.1 Å². The van der Waals surface area contributed by atoms with Crippen LogP contribution >= 0.6 is 11.6 Å². The minimum absolute atomic E-state index is 0.0518. The second kappa shape index (κ2) is 8.61. The molecule has 3 aromatic carbocycles. The van der Waals surface area contributed by atoms with Gasteiger partial charge in [0.25, 0.3) is 0 Å². The molecule has 1 fully saturated rings. The normalized spacial score (nSPS) is 17.0. The number of halogens is 1. The zero-order valence-electron chi connectivity index (χ0n) is 17.8. The van der Waals surface area contributed by atoms with Crippen molar-refractivity contribution in [3.05, 3.63) is 94.5 Å². The summed E-state index contributed by atoms with van der Waals surface area (Å²) in [5.74, 6) is 0.0518. The van der Waals surface area contributed by atoms with Crippen molar-refractivity contribution >= 4 is 17.7 Å². The van der Waals surface area contributed by atoms with Crippen LogP contribution in [0.4, 0.5) is 4.79 Å². The summed E-state index contributed by atoms with van der Waals surface area (Å²) in [6.45, 7) is 1.28. The number of rotatable bonds is 4. The molecule has 3 aromatic rings. The van der Waals surface area contributed by atoms with Gasteiger partial charge in [0.2, 0.25) is 0 Å². The van der Waals surface area contributed by atoms with Crippen LogP contribution in [0.2, 0.25) is 5.02 Å². The molecule has 0 saturated carbocycles. The number of hydrogen-bond donors (Lipinski definition) is 1. The van der Waals surface area contributed by atoms with E-state index < -0.39 is 5.60 Å². The monoisotopic (exact) mass is 447 g/mol. The Morgan fingerprint density at radius 3 is 2.22 bits per heavy atom. The van der Waals surface area contributed by atoms with Gasteiger partial charge in [0.15, 0.2) is 0 Å². The topological polar surface area (TPSA) is 49.8 Å². The summed E-state index contributed by atoms with van der Waals surface area (Å²) in [6, 6.07) is 24.2. The molecule has 1 saturated heterocycles. The van der Waals surface area contributed by atoms with Gasteiger partial charge in [-0.2, -0.15) is 0 Å². The first-order chi connectivity index (χ1) is 15.5. The van der Waals surface area contributed by atoms with Crippen LogP contribution in [0, 0.1) is 0 Å². The van der Waals surface area contributed by atoms with Crippen LogP contribution in [0.15, 0.2) is 72.8 Å². The van der Waals surface area contributed by atoms with Crippen LogP contribution in [-0.2, 0) is 11.2 Å². The number of piperidine rings is 1. The molecule has 2 aliphatic rings. The van der Waals surface area contributed by atoms with Gasteiger partial charge in [-0.3, -0.25) is 0 Å². The first-order valence-electron chi connectivity index (χ1n) is 11.1. The molecule has 1 aliphatic carbocycles. The SMILES string of the molecule is O=C(OCC1c2ccccc2-c2ccccc21)N1CCC(O)(Cc2cccc(Cl)c2)CC1. The highest BCUT2D eigenvalue weighted by molar-refractivity contribution is 6.30. The maximum atomic E-state index is 12.8. The highest BCUT2D eigenvalue weighted by Crippen LogP contribution is 2.44. The van der Waals surface area contributed by atoms with Crippen molar-refractivity contribution in [3.63, 3.8) is 0 Å². The van der Waals surface area contributed by atoms with E-state index in [0.29, 0.717) is 44.0 Å². The molecular formula is C27H26ClNO3. The van der Waals surface area contributed by atoms with E-state index >= 15 is 0 Å². The van der Waals surface area contributed by atoms with E-state index in [-0.39, 0.29) is 12.0 Å². The van der Waals surface area contributed by atoms with Crippen molar-refractivity contribution < 1.29 is 14.6 Å². The van der Waals surface area contributed by atoms with Crippen molar-refractivity contribution in [1.82, 2.24) is 4.90 Å². The molecule has 0 aromatic heterocycles. The first-order valence-corrected chi connectivity index (χ1v) is 11.5. The Labute approximate surface area is 193 Å². The number of amides is 1. The lowest BCUT2D eigenvalue weighted by atomic mass is 9.85. The van der Waals surface area contributed by atoms with E-state index in [1.807, 2.05) is 48.5 Å². The zero-order valence-corrected chi connectivity index (χ0v) is 18.6. The molecule has 1 aliphatic heterocycles. The number of ether oxygens (including phenoxy) is 1. The maximum Gasteiger partial charge on any atom is 0.409 e. The Hall–Kier alpha value is -2.82. The quantitative estimate of drug-likeness (QED) is 0.561. The Morgan fingerprint density at radius 2 is 1.59 bits per heavy atom. The smallest absolute Gasteiger partial charge is 0.409 e. The summed E-state index contributed by atoms with van der Waals surface area (Å²) in [4.78, 5) is 14.5. The van der Waals surface area contributed by atoms with Crippen molar-refractivity contribution in [2.24, 2.45) is 0 Å². The summed E-state index contributed by atoms with van der Waals surface area (Å²) < 4.78 is 5.77. The number of fused-ring (bicyclic) bond motifs is 3. The molecule has 0 radical (unpaired) electrons. The molecule has 4 nitrogen and oxygen atoms in total. The van der Waals surface area contributed by atoms with Gasteiger partial charge in [-0.25, -0.2) is 4.79 Å². The lowest BCUT2D eigenvalue weighted by Crippen LogP contribution is -2.48. The Morgan fingerprint density at radius 1 is 0.969 bits per heavy atom. The van der Waals surface area contributed by atoms with E-state index in [1.54, 1.807) is 4.90 Å². The van der Waals surface area contributed by atoms with E-state index in [0.717, 1.165) is 5.56 Å². The standard InChI is InChI=1S/C27H26ClNO3/c28-20-7-5-6-19(16-20)17-27(31)12-14-29(15-13-27)26(30)32-18-25-23-10-3-1-8-21(23)22-9-2-4-11-24(22)25/h1-11,16,25,31H,12-15,17-18H2. The summed E-state index contributed by atoms with van der Waals surface area (Å²) in [7, 11) is 0. The molecular weight excluding hydrogens is 422 g/mol. The average Bonchev–Trinajstić information content (AvgIpc) is 3.11. The largest absolute Gasteiger partial charge is 0.448 e. The van der Waals surface area contributed by atoms with Gasteiger partial charge in [0, 0.05) is 30.5 Å². The molecule has 5 rings (SSSR count). The zero-order chi connectivity index (χ0) is 22.1. The third kappa shape index (κ3) is 4.13. The molecule has 0 bridgehead atoms. The summed E-state index contributed by atoms with van der Waals surface area (Å²) in [5.41, 5.74) is 5.02. The predicted octanol–water partition coefficient (Wildman–Crippen LogP) is 5.66. The fourth-order valence-electron chi connectivity index (χ4n) is 4.99. The summed E-state index contributed by atoms with van der Waals surface area (Å²) in [5, 5.41) is 11.7. The number of carbonyl (C=O) groups excluding carboxylic acids is 1. The van der Waals surface area contributed by atoms with E-state index in [1.165, 1.54) is 22.3 Å². The summed E-state index contributed by atoms with van der Waals surface area (Å²) in [6.07, 6.45) is 1.26. The van der Waals surface area contributed by atoms with Crippen molar-refractivity contribution in [1.29, 1.82) is 0 Å². The third-order valence-electron chi connectivity index (χ3n) is 6.71. The fourth-order valence-corrected chi connectivity index (χ4v) is 5.21. The van der Waals surface area contributed by atoms with Gasteiger partial charge in [0.1, 0.15) is 6.61 Å². The highest BCUT2D eigenvalue weighted by Gasteiger charge is 2.35. The van der Waals surface area contributed by atoms with Crippen LogP contribution in [0.1, 0.15) is 35.4 Å². The molecule has 1 amide bonds. The minimum Gasteiger partial charge on any atom is -0.448 e. The van der Waals surface area contributed by atoms with E-state index in [2.05, 4.69) is 24.3 Å². The number of likely N-dealkylation sites (tertiary alicyclic amines) is 1. The third-order valence-corrected chi connectivity index (χ3v) is 6.95. The molecule has 164 valence electrons. The molecule has 32 heavy (non-hydrogen) atoms. The van der Waals surface area contributed by atoms with Gasteiger partial charge >= 0.3 is 6.09 Å². The highest BCUT2D eigenvalue weighted by atomic mass is 35.5. The lowest BCUT2D eigenvalue weighted by molar-refractivity contribution is -0.0200. The van der Waals surface area contributed by atoms with Gasteiger partial charge in [-0.1, -0.05) is 72.3 Å². The maximum absolute atomic E-state index is 12.8. The second-order valence-electron chi connectivity index (χ2n) is 8.82. The van der Waals surface area contributed by atoms with Gasteiger partial charge in [0.05, 0.1) is 5.60 Å². The number of hydrogen-bond acceptors (Lipinski definition) is 3. The van der Waals surface area contributed by atoms with Crippen molar-refractivity contribution in [2.45, 2.75) is 30.8 Å². The van der Waals surface area contributed by atoms with Crippen LogP contribution in [0.3, 0.4) is 0 Å². The lowest BCUT2D eigenvalue weighted by Gasteiger charge is -2.38. The summed E-state index contributed by atoms with van der Waals surface area (Å²) >= 11 is 6.07. The number of carbonyl (C=O) groups is 1. The van der Waals surface area contributed by atoms with Crippen molar-refractivity contribution in [2.75, 3.05) is 19.7 Å². The van der Waals surface area contributed by atoms with E-state index in [4.69, 9.17) is 16.3 Å². The number of nitrogens with zero attached hydrogens (tertiary/aromatic N) is 1. The number of aliphatic hydroxyl groups is 1.